The molecule has 2 aromatic rings. The number of rotatable bonds is 5. The van der Waals surface area contributed by atoms with Gasteiger partial charge in [-0.15, -0.1) is 23.1 Å². The highest BCUT2D eigenvalue weighted by Crippen LogP contribution is 2.36. The Morgan fingerprint density at radius 1 is 1.22 bits per heavy atom. The smallest absolute Gasteiger partial charge is 0.338 e. The lowest BCUT2D eigenvalue weighted by Gasteiger charge is -2.26. The molecule has 5 nitrogen and oxygen atoms in total. The third kappa shape index (κ3) is 4.36. The molecule has 1 aromatic heterocycles. The molecule has 1 atom stereocenters. The van der Waals surface area contributed by atoms with Crippen LogP contribution in [-0.2, 0) is 15.3 Å². The van der Waals surface area contributed by atoms with Crippen molar-refractivity contribution >= 4 is 35.1 Å². The van der Waals surface area contributed by atoms with E-state index >= 15 is 0 Å². The van der Waals surface area contributed by atoms with Crippen LogP contribution in [0.25, 0.3) is 0 Å². The molecule has 0 aliphatic carbocycles. The van der Waals surface area contributed by atoms with Crippen molar-refractivity contribution in [2.45, 2.75) is 37.5 Å². The van der Waals surface area contributed by atoms with Crippen LogP contribution in [0.3, 0.4) is 0 Å². The molecule has 1 aromatic carbocycles. The third-order valence-electron chi connectivity index (χ3n) is 4.41. The summed E-state index contributed by atoms with van der Waals surface area (Å²) in [5, 5.41) is 5.49. The number of urea groups is 1. The fourth-order valence-corrected chi connectivity index (χ4v) is 5.07. The molecule has 2 heterocycles. The van der Waals surface area contributed by atoms with Gasteiger partial charge in [-0.3, -0.25) is 0 Å². The van der Waals surface area contributed by atoms with Crippen LogP contribution in [0.2, 0.25) is 0 Å². The molecule has 0 saturated heterocycles. The molecule has 0 fully saturated rings. The first kappa shape index (κ1) is 19.5. The standard InChI is InChI=1S/C20H22N2O3S2/c1-11-5-7-15(8-6-11)26-10-14-9-16(27-13(14)3)18-17(19(23)25-4)12(2)21-20(24)22-18/h5-9,18H,10H2,1-4H3,(H2,21,22,24). The van der Waals surface area contributed by atoms with E-state index in [9.17, 15) is 9.59 Å². The van der Waals surface area contributed by atoms with Gasteiger partial charge in [0.1, 0.15) is 0 Å². The summed E-state index contributed by atoms with van der Waals surface area (Å²) in [5.74, 6) is 0.396. The van der Waals surface area contributed by atoms with Crippen LogP contribution < -0.4 is 10.6 Å². The lowest BCUT2D eigenvalue weighted by Crippen LogP contribution is -2.45. The van der Waals surface area contributed by atoms with Gasteiger partial charge in [0, 0.05) is 26.1 Å². The number of ether oxygens (including phenoxy) is 1. The third-order valence-corrected chi connectivity index (χ3v) is 6.63. The number of aryl methyl sites for hydroxylation is 2. The molecule has 0 saturated carbocycles. The van der Waals surface area contributed by atoms with Crippen molar-refractivity contribution < 1.29 is 14.3 Å². The number of benzene rings is 1. The van der Waals surface area contributed by atoms with Gasteiger partial charge < -0.3 is 15.4 Å². The number of amides is 2. The van der Waals surface area contributed by atoms with Gasteiger partial charge in [0.05, 0.1) is 18.7 Å². The number of nitrogens with one attached hydrogen (secondary N) is 2. The van der Waals surface area contributed by atoms with E-state index in [1.54, 1.807) is 30.0 Å². The van der Waals surface area contributed by atoms with E-state index < -0.39 is 12.0 Å². The molecule has 142 valence electrons. The highest BCUT2D eigenvalue weighted by atomic mass is 32.2. The monoisotopic (exact) mass is 402 g/mol. The first-order chi connectivity index (χ1) is 12.9. The van der Waals surface area contributed by atoms with E-state index in [1.165, 1.54) is 28.0 Å². The number of carbonyl (C=O) groups excluding carboxylic acids is 2. The molecular weight excluding hydrogens is 380 g/mol. The van der Waals surface area contributed by atoms with E-state index in [-0.39, 0.29) is 6.03 Å². The Balaban J connectivity index is 1.83. The minimum absolute atomic E-state index is 0.313. The predicted octanol–water partition coefficient (Wildman–Crippen LogP) is 4.46. The zero-order valence-electron chi connectivity index (χ0n) is 15.7. The Bertz CT molecular complexity index is 900. The maximum absolute atomic E-state index is 12.2. The van der Waals surface area contributed by atoms with Gasteiger partial charge in [-0.05, 0) is 44.5 Å². The van der Waals surface area contributed by atoms with Crippen LogP contribution in [0.1, 0.15) is 33.8 Å². The number of thioether (sulfide) groups is 1. The fourth-order valence-electron chi connectivity index (χ4n) is 2.91. The van der Waals surface area contributed by atoms with Crippen molar-refractivity contribution in [3.05, 3.63) is 62.5 Å². The summed E-state index contributed by atoms with van der Waals surface area (Å²) < 4.78 is 4.91. The number of hydrogen-bond acceptors (Lipinski definition) is 5. The summed E-state index contributed by atoms with van der Waals surface area (Å²) in [5.41, 5.74) is 3.41. The molecule has 1 aliphatic rings. The molecule has 0 radical (unpaired) electrons. The van der Waals surface area contributed by atoms with Gasteiger partial charge in [0.25, 0.3) is 0 Å². The Morgan fingerprint density at radius 2 is 1.93 bits per heavy atom. The summed E-state index contributed by atoms with van der Waals surface area (Å²) in [4.78, 5) is 27.5. The lowest BCUT2D eigenvalue weighted by molar-refractivity contribution is -0.136. The van der Waals surface area contributed by atoms with Crippen molar-refractivity contribution in [1.29, 1.82) is 0 Å². The summed E-state index contributed by atoms with van der Waals surface area (Å²) in [6.45, 7) is 5.86. The Labute approximate surface area is 167 Å². The summed E-state index contributed by atoms with van der Waals surface area (Å²) in [6, 6.07) is 9.73. The van der Waals surface area contributed by atoms with Crippen LogP contribution in [0.15, 0.2) is 46.5 Å². The van der Waals surface area contributed by atoms with E-state index in [2.05, 4.69) is 54.8 Å². The minimum Gasteiger partial charge on any atom is -0.466 e. The van der Waals surface area contributed by atoms with Gasteiger partial charge >= 0.3 is 12.0 Å². The second kappa shape index (κ2) is 8.19. The summed E-state index contributed by atoms with van der Waals surface area (Å²) in [6.07, 6.45) is 0. The van der Waals surface area contributed by atoms with Gasteiger partial charge in [0.2, 0.25) is 0 Å². The lowest BCUT2D eigenvalue weighted by atomic mass is 10.0. The van der Waals surface area contributed by atoms with E-state index in [0.717, 1.165) is 10.6 Å². The van der Waals surface area contributed by atoms with E-state index in [0.29, 0.717) is 11.3 Å². The number of carbonyl (C=O) groups is 2. The first-order valence-corrected chi connectivity index (χ1v) is 10.3. The zero-order chi connectivity index (χ0) is 19.6. The van der Waals surface area contributed by atoms with Crippen LogP contribution >= 0.6 is 23.1 Å². The number of esters is 1. The highest BCUT2D eigenvalue weighted by Gasteiger charge is 2.33. The average molecular weight is 403 g/mol. The molecule has 27 heavy (non-hydrogen) atoms. The van der Waals surface area contributed by atoms with Crippen LogP contribution in [-0.4, -0.2) is 19.1 Å². The Kier molecular flexibility index (Phi) is 5.92. The zero-order valence-corrected chi connectivity index (χ0v) is 17.3. The molecule has 2 amide bonds. The van der Waals surface area contributed by atoms with Gasteiger partial charge in [-0.1, -0.05) is 17.7 Å². The van der Waals surface area contributed by atoms with Crippen molar-refractivity contribution in [3.63, 3.8) is 0 Å². The molecule has 0 bridgehead atoms. The molecule has 7 heteroatoms. The minimum atomic E-state index is -0.493. The molecular formula is C20H22N2O3S2. The fraction of sp³-hybridized carbons (Fsp3) is 0.300. The molecule has 1 unspecified atom stereocenters. The predicted molar refractivity (Wildman–Crippen MR) is 109 cm³/mol. The highest BCUT2D eigenvalue weighted by molar-refractivity contribution is 7.98. The summed E-state index contributed by atoms with van der Waals surface area (Å²) >= 11 is 3.37. The largest absolute Gasteiger partial charge is 0.466 e. The maximum atomic E-state index is 12.2. The molecule has 2 N–H and O–H groups in total. The van der Waals surface area contributed by atoms with Crippen LogP contribution in [0, 0.1) is 13.8 Å². The van der Waals surface area contributed by atoms with Crippen molar-refractivity contribution in [1.82, 2.24) is 10.6 Å². The number of hydrogen-bond donors (Lipinski definition) is 2. The quantitative estimate of drug-likeness (QED) is 0.572. The molecule has 1 aliphatic heterocycles. The summed E-state index contributed by atoms with van der Waals surface area (Å²) in [7, 11) is 1.35. The topological polar surface area (TPSA) is 67.4 Å². The van der Waals surface area contributed by atoms with Crippen molar-refractivity contribution in [2.75, 3.05) is 7.11 Å². The van der Waals surface area contributed by atoms with Crippen LogP contribution in [0.4, 0.5) is 4.79 Å². The number of thiophene rings is 1. The van der Waals surface area contributed by atoms with Crippen molar-refractivity contribution in [3.8, 4) is 0 Å². The molecule has 0 spiro atoms. The molecule has 3 rings (SSSR count). The number of methoxy groups -OCH3 is 1. The second-order valence-electron chi connectivity index (χ2n) is 6.39. The van der Waals surface area contributed by atoms with Crippen LogP contribution in [0.5, 0.6) is 0 Å². The SMILES string of the molecule is COC(=O)C1=C(C)NC(=O)NC1c1cc(CSc2ccc(C)cc2)c(C)s1. The Hall–Kier alpha value is -2.25. The normalized spacial score (nSPS) is 16.7. The van der Waals surface area contributed by atoms with Crippen molar-refractivity contribution in [2.24, 2.45) is 0 Å². The van der Waals surface area contributed by atoms with E-state index in [4.69, 9.17) is 4.74 Å². The van der Waals surface area contributed by atoms with Gasteiger partial charge in [-0.2, -0.15) is 0 Å². The van der Waals surface area contributed by atoms with Gasteiger partial charge in [0.15, 0.2) is 0 Å². The van der Waals surface area contributed by atoms with Gasteiger partial charge in [-0.25, -0.2) is 9.59 Å². The maximum Gasteiger partial charge on any atom is 0.338 e. The van der Waals surface area contributed by atoms with E-state index in [1.807, 2.05) is 0 Å². The second-order valence-corrected chi connectivity index (χ2v) is 8.73. The first-order valence-electron chi connectivity index (χ1n) is 8.54. The average Bonchev–Trinajstić information content (AvgIpc) is 3.01. The Morgan fingerprint density at radius 3 is 2.59 bits per heavy atom. The number of allylic oxidation sites excluding steroid dienone is 1.